The molecular weight excluding hydrogens is 424 g/mol. The van der Waals surface area contributed by atoms with Gasteiger partial charge in [-0.1, -0.05) is 22.0 Å². The highest BCUT2D eigenvalue weighted by molar-refractivity contribution is 9.11. The summed E-state index contributed by atoms with van der Waals surface area (Å²) >= 11 is 7.04. The zero-order valence-electron chi connectivity index (χ0n) is 12.8. The first-order valence-electron chi connectivity index (χ1n) is 7.15. The van der Waals surface area contributed by atoms with E-state index < -0.39 is 0 Å². The van der Waals surface area contributed by atoms with Crippen LogP contribution >= 0.6 is 31.9 Å². The molecular formula is C16H16Br2N4O. The highest BCUT2D eigenvalue weighted by Crippen LogP contribution is 2.32. The summed E-state index contributed by atoms with van der Waals surface area (Å²) in [7, 11) is 1.67. The fourth-order valence-corrected chi connectivity index (χ4v) is 3.96. The van der Waals surface area contributed by atoms with Crippen molar-refractivity contribution in [1.29, 1.82) is 0 Å². The first kappa shape index (κ1) is 16.4. The molecule has 2 heterocycles. The molecule has 0 fully saturated rings. The number of nitrogens with one attached hydrogen (secondary N) is 1. The molecule has 0 radical (unpaired) electrons. The number of rotatable bonds is 5. The zero-order valence-corrected chi connectivity index (χ0v) is 15.9. The van der Waals surface area contributed by atoms with Crippen LogP contribution in [0.2, 0.25) is 0 Å². The smallest absolute Gasteiger partial charge is 0.160 e. The van der Waals surface area contributed by atoms with E-state index in [2.05, 4.69) is 54.3 Å². The Labute approximate surface area is 151 Å². The molecule has 0 spiro atoms. The summed E-state index contributed by atoms with van der Waals surface area (Å²) in [5, 5.41) is 12.0. The fraction of sp³-hybridized carbons (Fsp3) is 0.250. The third-order valence-electron chi connectivity index (χ3n) is 3.62. The molecule has 1 atom stereocenters. The van der Waals surface area contributed by atoms with Crippen molar-refractivity contribution in [3.05, 3.63) is 56.9 Å². The van der Waals surface area contributed by atoms with Crippen molar-refractivity contribution in [2.75, 3.05) is 7.11 Å². The van der Waals surface area contributed by atoms with Crippen molar-refractivity contribution in [2.45, 2.75) is 19.5 Å². The lowest BCUT2D eigenvalue weighted by Gasteiger charge is -2.15. The van der Waals surface area contributed by atoms with Gasteiger partial charge in [-0.3, -0.25) is 4.40 Å². The van der Waals surface area contributed by atoms with E-state index in [-0.39, 0.29) is 6.04 Å². The summed E-state index contributed by atoms with van der Waals surface area (Å²) in [6, 6.07) is 9.94. The minimum Gasteiger partial charge on any atom is -0.495 e. The van der Waals surface area contributed by atoms with Crippen LogP contribution in [0.25, 0.3) is 5.65 Å². The summed E-state index contributed by atoms with van der Waals surface area (Å²) in [5.74, 6) is 1.72. The second kappa shape index (κ2) is 6.98. The Morgan fingerprint density at radius 1 is 1.26 bits per heavy atom. The van der Waals surface area contributed by atoms with Gasteiger partial charge in [-0.05, 0) is 47.1 Å². The van der Waals surface area contributed by atoms with E-state index in [0.29, 0.717) is 6.54 Å². The number of aromatic nitrogens is 3. The van der Waals surface area contributed by atoms with E-state index in [1.165, 1.54) is 0 Å². The molecule has 120 valence electrons. The molecule has 0 aliphatic rings. The highest BCUT2D eigenvalue weighted by Gasteiger charge is 2.15. The second-order valence-corrected chi connectivity index (χ2v) is 6.94. The van der Waals surface area contributed by atoms with Gasteiger partial charge in [0.25, 0.3) is 0 Å². The van der Waals surface area contributed by atoms with Crippen LogP contribution in [0.3, 0.4) is 0 Å². The summed E-state index contributed by atoms with van der Waals surface area (Å²) in [4.78, 5) is 0. The predicted molar refractivity (Wildman–Crippen MR) is 96.6 cm³/mol. The molecule has 0 aliphatic carbocycles. The number of hydrogen-bond donors (Lipinski definition) is 1. The lowest BCUT2D eigenvalue weighted by atomic mass is 10.2. The molecule has 3 rings (SSSR count). The summed E-state index contributed by atoms with van der Waals surface area (Å²) in [5.41, 5.74) is 1.91. The number of hydrogen-bond acceptors (Lipinski definition) is 4. The Morgan fingerprint density at radius 3 is 2.87 bits per heavy atom. The van der Waals surface area contributed by atoms with Gasteiger partial charge in [0, 0.05) is 22.8 Å². The monoisotopic (exact) mass is 438 g/mol. The predicted octanol–water partition coefficient (Wildman–Crippen LogP) is 4.11. The molecule has 2 aromatic heterocycles. The van der Waals surface area contributed by atoms with Crippen LogP contribution in [0, 0.1) is 0 Å². The van der Waals surface area contributed by atoms with E-state index >= 15 is 0 Å². The van der Waals surface area contributed by atoms with Gasteiger partial charge < -0.3 is 10.1 Å². The van der Waals surface area contributed by atoms with Crippen molar-refractivity contribution < 1.29 is 4.74 Å². The molecule has 1 N–H and O–H groups in total. The maximum Gasteiger partial charge on any atom is 0.160 e. The molecule has 0 bridgehead atoms. The summed E-state index contributed by atoms with van der Waals surface area (Å²) < 4.78 is 9.40. The average Bonchev–Trinajstić information content (AvgIpc) is 2.96. The summed E-state index contributed by atoms with van der Waals surface area (Å²) in [6.07, 6.45) is 1.97. The van der Waals surface area contributed by atoms with Gasteiger partial charge in [-0.25, -0.2) is 0 Å². The molecule has 0 aliphatic heterocycles. The number of benzene rings is 1. The van der Waals surface area contributed by atoms with Crippen molar-refractivity contribution in [1.82, 2.24) is 19.9 Å². The van der Waals surface area contributed by atoms with Crippen LogP contribution in [-0.2, 0) is 6.54 Å². The molecule has 0 saturated carbocycles. The fourth-order valence-electron chi connectivity index (χ4n) is 2.48. The largest absolute Gasteiger partial charge is 0.495 e. The van der Waals surface area contributed by atoms with E-state index in [4.69, 9.17) is 4.74 Å². The lowest BCUT2D eigenvalue weighted by Crippen LogP contribution is -2.20. The number of fused-ring (bicyclic) bond motifs is 1. The number of pyridine rings is 1. The third kappa shape index (κ3) is 3.41. The third-order valence-corrected chi connectivity index (χ3v) is 4.66. The van der Waals surface area contributed by atoms with Crippen LogP contribution in [0.15, 0.2) is 45.5 Å². The van der Waals surface area contributed by atoms with Gasteiger partial charge in [0.05, 0.1) is 17.6 Å². The van der Waals surface area contributed by atoms with Gasteiger partial charge in [0.2, 0.25) is 0 Å². The maximum atomic E-state index is 5.48. The van der Waals surface area contributed by atoms with Gasteiger partial charge in [0.1, 0.15) is 5.75 Å². The summed E-state index contributed by atoms with van der Waals surface area (Å²) in [6.45, 7) is 2.73. The Balaban J connectivity index is 1.81. The molecule has 5 nitrogen and oxygen atoms in total. The maximum absolute atomic E-state index is 5.48. The quantitative estimate of drug-likeness (QED) is 0.649. The Bertz CT molecular complexity index is 834. The Kier molecular flexibility index (Phi) is 4.99. The van der Waals surface area contributed by atoms with Crippen LogP contribution in [0.5, 0.6) is 5.75 Å². The van der Waals surface area contributed by atoms with Gasteiger partial charge in [-0.2, -0.15) is 0 Å². The number of ether oxygens (including phenoxy) is 1. The normalized spacial score (nSPS) is 12.5. The van der Waals surface area contributed by atoms with E-state index in [0.717, 1.165) is 31.7 Å². The number of methoxy groups -OCH3 is 1. The van der Waals surface area contributed by atoms with E-state index in [1.807, 2.05) is 40.9 Å². The topological polar surface area (TPSA) is 51.5 Å². The van der Waals surface area contributed by atoms with Crippen molar-refractivity contribution in [3.63, 3.8) is 0 Å². The molecule has 7 heteroatoms. The first-order valence-corrected chi connectivity index (χ1v) is 8.73. The minimum absolute atomic E-state index is 0.0508. The average molecular weight is 440 g/mol. The van der Waals surface area contributed by atoms with Crippen molar-refractivity contribution >= 4 is 37.5 Å². The first-order chi connectivity index (χ1) is 11.1. The standard InChI is InChI=1S/C16H16Br2N4O/c1-10(16-21-20-14-5-3-4-6-22(14)16)19-9-11-7-12(17)8-13(18)15(11)23-2/h3-8,10,19H,9H2,1-2H3. The minimum atomic E-state index is 0.0508. The van der Waals surface area contributed by atoms with Crippen LogP contribution in [0.1, 0.15) is 24.4 Å². The zero-order chi connectivity index (χ0) is 16.4. The van der Waals surface area contributed by atoms with E-state index in [1.54, 1.807) is 7.11 Å². The second-order valence-electron chi connectivity index (χ2n) is 5.17. The number of halogens is 2. The van der Waals surface area contributed by atoms with Gasteiger partial charge in [0.15, 0.2) is 11.5 Å². The van der Waals surface area contributed by atoms with E-state index in [9.17, 15) is 0 Å². The number of nitrogens with zero attached hydrogens (tertiary/aromatic N) is 3. The Hall–Kier alpha value is -1.44. The lowest BCUT2D eigenvalue weighted by molar-refractivity contribution is 0.402. The molecule has 3 aromatic rings. The van der Waals surface area contributed by atoms with Crippen LogP contribution < -0.4 is 10.1 Å². The molecule has 0 saturated heterocycles. The van der Waals surface area contributed by atoms with Crippen molar-refractivity contribution in [3.8, 4) is 5.75 Å². The van der Waals surface area contributed by atoms with Crippen molar-refractivity contribution in [2.24, 2.45) is 0 Å². The molecule has 1 aromatic carbocycles. The molecule has 23 heavy (non-hydrogen) atoms. The highest BCUT2D eigenvalue weighted by atomic mass is 79.9. The van der Waals surface area contributed by atoms with Crippen LogP contribution in [0.4, 0.5) is 0 Å². The Morgan fingerprint density at radius 2 is 2.09 bits per heavy atom. The SMILES string of the molecule is COc1c(Br)cc(Br)cc1CNC(C)c1nnc2ccccn12. The molecule has 1 unspecified atom stereocenters. The molecule has 0 amide bonds. The van der Waals surface area contributed by atoms with Crippen LogP contribution in [-0.4, -0.2) is 21.7 Å². The van der Waals surface area contributed by atoms with Gasteiger partial charge in [-0.15, -0.1) is 10.2 Å². The van der Waals surface area contributed by atoms with Gasteiger partial charge >= 0.3 is 0 Å².